The first-order valence-corrected chi connectivity index (χ1v) is 5.27. The van der Waals surface area contributed by atoms with E-state index in [9.17, 15) is 9.90 Å². The second-order valence-corrected chi connectivity index (χ2v) is 3.77. The molecule has 2 N–H and O–H groups in total. The van der Waals surface area contributed by atoms with Gasteiger partial charge < -0.3 is 14.8 Å². The first-order chi connectivity index (χ1) is 8.18. The Balaban J connectivity index is 1.95. The molecule has 0 aliphatic rings. The molecule has 0 saturated carbocycles. The summed E-state index contributed by atoms with van der Waals surface area (Å²) in [5.41, 5.74) is 1.10. The SMILES string of the molecule is Cn1c(O)c(COCc2ccccc2)[nH]c1=O. The Morgan fingerprint density at radius 2 is 2.00 bits per heavy atom. The largest absolute Gasteiger partial charge is 0.493 e. The molecule has 1 heterocycles. The zero-order valence-electron chi connectivity index (χ0n) is 9.51. The van der Waals surface area contributed by atoms with Crippen molar-refractivity contribution in [3.63, 3.8) is 0 Å². The van der Waals surface area contributed by atoms with Crippen molar-refractivity contribution >= 4 is 0 Å². The third kappa shape index (κ3) is 2.57. The number of aromatic amines is 1. The highest BCUT2D eigenvalue weighted by Gasteiger charge is 2.09. The van der Waals surface area contributed by atoms with Crippen LogP contribution >= 0.6 is 0 Å². The molecule has 0 saturated heterocycles. The molecule has 2 rings (SSSR count). The highest BCUT2D eigenvalue weighted by molar-refractivity contribution is 5.17. The highest BCUT2D eigenvalue weighted by atomic mass is 16.5. The predicted octanol–water partition coefficient (Wildman–Crippen LogP) is 1.14. The summed E-state index contributed by atoms with van der Waals surface area (Å²) in [6, 6.07) is 9.70. The van der Waals surface area contributed by atoms with Gasteiger partial charge in [-0.05, 0) is 5.56 Å². The molecule has 0 spiro atoms. The van der Waals surface area contributed by atoms with Crippen LogP contribution in [-0.4, -0.2) is 14.7 Å². The van der Waals surface area contributed by atoms with Gasteiger partial charge in [0, 0.05) is 7.05 Å². The van der Waals surface area contributed by atoms with E-state index in [1.54, 1.807) is 0 Å². The number of H-pyrrole nitrogens is 1. The van der Waals surface area contributed by atoms with Crippen LogP contribution in [0.25, 0.3) is 0 Å². The Labute approximate surface area is 98.3 Å². The minimum atomic E-state index is -0.346. The summed E-state index contributed by atoms with van der Waals surface area (Å²) in [5.74, 6) is -0.0805. The van der Waals surface area contributed by atoms with Gasteiger partial charge in [0.1, 0.15) is 5.69 Å². The number of nitrogens with one attached hydrogen (secondary N) is 1. The third-order valence-corrected chi connectivity index (χ3v) is 2.51. The van der Waals surface area contributed by atoms with E-state index >= 15 is 0 Å². The van der Waals surface area contributed by atoms with Crippen molar-refractivity contribution < 1.29 is 9.84 Å². The monoisotopic (exact) mass is 234 g/mol. The number of rotatable bonds is 4. The summed E-state index contributed by atoms with van der Waals surface area (Å²) in [6.45, 7) is 0.619. The number of hydrogen-bond donors (Lipinski definition) is 2. The number of imidazole rings is 1. The van der Waals surface area contributed by atoms with E-state index in [1.165, 1.54) is 7.05 Å². The molecule has 1 aromatic heterocycles. The van der Waals surface area contributed by atoms with Gasteiger partial charge in [0.25, 0.3) is 0 Å². The van der Waals surface area contributed by atoms with Crippen molar-refractivity contribution in [2.45, 2.75) is 13.2 Å². The molecule has 0 bridgehead atoms. The van der Waals surface area contributed by atoms with Crippen molar-refractivity contribution in [2.75, 3.05) is 0 Å². The second-order valence-electron chi connectivity index (χ2n) is 3.77. The summed E-state index contributed by atoms with van der Waals surface area (Å²) in [5, 5.41) is 9.57. The minimum absolute atomic E-state index is 0.0805. The van der Waals surface area contributed by atoms with Crippen molar-refractivity contribution in [1.82, 2.24) is 9.55 Å². The Kier molecular flexibility index (Phi) is 3.30. The second kappa shape index (κ2) is 4.88. The van der Waals surface area contributed by atoms with E-state index in [0.29, 0.717) is 12.3 Å². The number of hydrogen-bond acceptors (Lipinski definition) is 3. The lowest BCUT2D eigenvalue weighted by atomic mass is 10.2. The summed E-state index contributed by atoms with van der Waals surface area (Å²) in [7, 11) is 1.49. The Bertz CT molecular complexity index is 543. The fourth-order valence-corrected chi connectivity index (χ4v) is 1.51. The zero-order chi connectivity index (χ0) is 12.3. The van der Waals surface area contributed by atoms with Crippen LogP contribution in [0.15, 0.2) is 35.1 Å². The van der Waals surface area contributed by atoms with Gasteiger partial charge in [-0.15, -0.1) is 0 Å². The molecular weight excluding hydrogens is 220 g/mol. The lowest BCUT2D eigenvalue weighted by Crippen LogP contribution is -2.11. The third-order valence-electron chi connectivity index (χ3n) is 2.51. The van der Waals surface area contributed by atoms with E-state index in [-0.39, 0.29) is 18.2 Å². The average molecular weight is 234 g/mol. The van der Waals surface area contributed by atoms with Gasteiger partial charge >= 0.3 is 5.69 Å². The molecule has 0 amide bonds. The molecule has 5 heteroatoms. The number of nitrogens with zero attached hydrogens (tertiary/aromatic N) is 1. The van der Waals surface area contributed by atoms with E-state index in [4.69, 9.17) is 4.74 Å². The predicted molar refractivity (Wildman–Crippen MR) is 62.6 cm³/mol. The van der Waals surface area contributed by atoms with Gasteiger partial charge in [-0.2, -0.15) is 0 Å². The van der Waals surface area contributed by atoms with Crippen LogP contribution in [0.1, 0.15) is 11.3 Å². The van der Waals surface area contributed by atoms with Crippen molar-refractivity contribution in [3.05, 3.63) is 52.1 Å². The molecule has 17 heavy (non-hydrogen) atoms. The van der Waals surface area contributed by atoms with Crippen molar-refractivity contribution in [3.8, 4) is 5.88 Å². The number of benzene rings is 1. The summed E-state index contributed by atoms with van der Waals surface area (Å²) in [4.78, 5) is 13.7. The van der Waals surface area contributed by atoms with Crippen LogP contribution in [-0.2, 0) is 25.0 Å². The lowest BCUT2D eigenvalue weighted by Gasteiger charge is -2.03. The number of aromatic nitrogens is 2. The van der Waals surface area contributed by atoms with Crippen LogP contribution in [0.5, 0.6) is 5.88 Å². The smallest absolute Gasteiger partial charge is 0.328 e. The van der Waals surface area contributed by atoms with Gasteiger partial charge in [0.05, 0.1) is 13.2 Å². The van der Waals surface area contributed by atoms with E-state index < -0.39 is 0 Å². The maximum Gasteiger partial charge on any atom is 0.328 e. The molecule has 1 aromatic carbocycles. The molecule has 0 aliphatic heterocycles. The Morgan fingerprint density at radius 3 is 2.59 bits per heavy atom. The van der Waals surface area contributed by atoms with Gasteiger partial charge in [-0.1, -0.05) is 30.3 Å². The summed E-state index contributed by atoms with van der Waals surface area (Å²) in [6.07, 6.45) is 0. The Hall–Kier alpha value is -2.01. The lowest BCUT2D eigenvalue weighted by molar-refractivity contribution is 0.103. The molecule has 0 aliphatic carbocycles. The van der Waals surface area contributed by atoms with E-state index in [1.807, 2.05) is 30.3 Å². The molecule has 0 atom stereocenters. The highest BCUT2D eigenvalue weighted by Crippen LogP contribution is 2.12. The topological polar surface area (TPSA) is 67.2 Å². The summed E-state index contributed by atoms with van der Waals surface area (Å²) < 4.78 is 6.55. The van der Waals surface area contributed by atoms with Crippen LogP contribution in [0.2, 0.25) is 0 Å². The first-order valence-electron chi connectivity index (χ1n) is 5.27. The Morgan fingerprint density at radius 1 is 1.29 bits per heavy atom. The maximum atomic E-state index is 11.2. The van der Waals surface area contributed by atoms with Gasteiger partial charge in [-0.3, -0.25) is 4.57 Å². The molecule has 2 aromatic rings. The molecule has 5 nitrogen and oxygen atoms in total. The molecule has 0 unspecified atom stereocenters. The molecular formula is C12H14N2O3. The van der Waals surface area contributed by atoms with Crippen LogP contribution in [0.4, 0.5) is 0 Å². The van der Waals surface area contributed by atoms with Gasteiger partial charge in [0.15, 0.2) is 0 Å². The van der Waals surface area contributed by atoms with Crippen molar-refractivity contribution in [1.29, 1.82) is 0 Å². The summed E-state index contributed by atoms with van der Waals surface area (Å²) >= 11 is 0. The maximum absolute atomic E-state index is 11.2. The molecule has 0 radical (unpaired) electrons. The fourth-order valence-electron chi connectivity index (χ4n) is 1.51. The van der Waals surface area contributed by atoms with Crippen LogP contribution < -0.4 is 5.69 Å². The first kappa shape index (κ1) is 11.5. The zero-order valence-corrected chi connectivity index (χ0v) is 9.51. The number of ether oxygens (including phenoxy) is 1. The quantitative estimate of drug-likeness (QED) is 0.833. The molecule has 0 fully saturated rings. The average Bonchev–Trinajstić information content (AvgIpc) is 2.59. The van der Waals surface area contributed by atoms with E-state index in [0.717, 1.165) is 10.1 Å². The van der Waals surface area contributed by atoms with Gasteiger partial charge in [-0.25, -0.2) is 4.79 Å². The van der Waals surface area contributed by atoms with E-state index in [2.05, 4.69) is 4.98 Å². The minimum Gasteiger partial charge on any atom is -0.493 e. The normalized spacial score (nSPS) is 10.6. The number of aromatic hydroxyl groups is 1. The standard InChI is InChI=1S/C12H14N2O3/c1-14-11(15)10(13-12(14)16)8-17-7-9-5-3-2-4-6-9/h2-6,15H,7-8H2,1H3,(H,13,16). The van der Waals surface area contributed by atoms with Crippen molar-refractivity contribution in [2.24, 2.45) is 7.05 Å². The fraction of sp³-hybridized carbons (Fsp3) is 0.250. The molecule has 90 valence electrons. The van der Waals surface area contributed by atoms with Crippen LogP contribution in [0.3, 0.4) is 0 Å². The van der Waals surface area contributed by atoms with Gasteiger partial charge in [0.2, 0.25) is 5.88 Å². The van der Waals surface area contributed by atoms with Crippen LogP contribution in [0, 0.1) is 0 Å².